The zero-order valence-electron chi connectivity index (χ0n) is 20.2. The molecular formula is C24H36FN5O3. The summed E-state index contributed by atoms with van der Waals surface area (Å²) in [6, 6.07) is 5.41. The number of carbonyl (C=O) groups is 1. The predicted molar refractivity (Wildman–Crippen MR) is 124 cm³/mol. The van der Waals surface area contributed by atoms with E-state index in [-0.39, 0.29) is 11.8 Å². The van der Waals surface area contributed by atoms with Crippen molar-refractivity contribution < 1.29 is 18.7 Å². The Morgan fingerprint density at radius 1 is 1.03 bits per heavy atom. The second kappa shape index (κ2) is 11.4. The lowest BCUT2D eigenvalue weighted by molar-refractivity contribution is 0.00823. The first-order valence-corrected chi connectivity index (χ1v) is 11.7. The van der Waals surface area contributed by atoms with E-state index in [9.17, 15) is 9.18 Å². The van der Waals surface area contributed by atoms with Gasteiger partial charge >= 0.3 is 6.09 Å². The molecule has 1 aromatic heterocycles. The van der Waals surface area contributed by atoms with Crippen molar-refractivity contribution in [1.82, 2.24) is 24.6 Å². The van der Waals surface area contributed by atoms with Gasteiger partial charge in [0.1, 0.15) is 18.3 Å². The van der Waals surface area contributed by atoms with Crippen molar-refractivity contribution >= 4 is 6.09 Å². The maximum atomic E-state index is 13.3. The lowest BCUT2D eigenvalue weighted by Crippen LogP contribution is -2.53. The minimum absolute atomic E-state index is 0.157. The van der Waals surface area contributed by atoms with E-state index in [2.05, 4.69) is 15.1 Å². The molecule has 1 aliphatic carbocycles. The highest BCUT2D eigenvalue weighted by molar-refractivity contribution is 5.68. The molecule has 4 rings (SSSR count). The maximum absolute atomic E-state index is 13.3. The molecule has 0 unspecified atom stereocenters. The molecule has 2 aliphatic rings. The van der Waals surface area contributed by atoms with E-state index < -0.39 is 11.4 Å². The van der Waals surface area contributed by atoms with Gasteiger partial charge in [-0.3, -0.25) is 9.47 Å². The minimum Gasteiger partial charge on any atom is -0.494 e. The normalized spacial score (nSPS) is 17.8. The summed E-state index contributed by atoms with van der Waals surface area (Å²) in [4.78, 5) is 16.4. The average molecular weight is 462 g/mol. The number of carbonyl (C=O) groups excluding carboxylic acids is 1. The lowest BCUT2D eigenvalue weighted by Gasteiger charge is -2.40. The van der Waals surface area contributed by atoms with Gasteiger partial charge in [0.05, 0.1) is 12.8 Å². The van der Waals surface area contributed by atoms with Gasteiger partial charge in [0.15, 0.2) is 11.6 Å². The van der Waals surface area contributed by atoms with Gasteiger partial charge in [0.25, 0.3) is 0 Å². The van der Waals surface area contributed by atoms with Crippen molar-refractivity contribution in [2.75, 3.05) is 33.3 Å². The Balaban J connectivity index is 0.000000194. The molecule has 8 nitrogen and oxygen atoms in total. The zero-order valence-corrected chi connectivity index (χ0v) is 20.2. The van der Waals surface area contributed by atoms with Crippen molar-refractivity contribution in [3.63, 3.8) is 0 Å². The van der Waals surface area contributed by atoms with Crippen molar-refractivity contribution in [3.05, 3.63) is 36.7 Å². The number of rotatable bonds is 3. The number of halogens is 1. The van der Waals surface area contributed by atoms with Crippen LogP contribution in [-0.4, -0.2) is 75.6 Å². The molecule has 0 radical (unpaired) electrons. The average Bonchev–Trinajstić information content (AvgIpc) is 3.34. The molecule has 0 atom stereocenters. The molecule has 182 valence electrons. The summed E-state index contributed by atoms with van der Waals surface area (Å²) in [7, 11) is 1.43. The Hall–Kier alpha value is -2.68. The molecule has 0 N–H and O–H groups in total. The molecule has 0 spiro atoms. The molecule has 1 amide bonds. The van der Waals surface area contributed by atoms with Crippen LogP contribution in [0.25, 0.3) is 5.69 Å². The monoisotopic (exact) mass is 461 g/mol. The largest absolute Gasteiger partial charge is 0.494 e. The van der Waals surface area contributed by atoms with Gasteiger partial charge in [-0.15, -0.1) is 10.2 Å². The smallest absolute Gasteiger partial charge is 0.410 e. The van der Waals surface area contributed by atoms with Gasteiger partial charge in [-0.2, -0.15) is 0 Å². The summed E-state index contributed by atoms with van der Waals surface area (Å²) >= 11 is 0. The van der Waals surface area contributed by atoms with Gasteiger partial charge in [-0.05, 0) is 45.7 Å². The second-order valence-corrected chi connectivity index (χ2v) is 9.48. The standard InChI is InChI=1S/C15H28N2O2.C9H8FN3O/c1-15(2,3)19-14(18)17-11-9-16(10-12-17)13-7-5-4-6-8-13;1-14-9-3-2-7(4-8(9)10)13-5-11-12-6-13/h13H,4-12H2,1-3H3;2-6H,1H3. The van der Waals surface area contributed by atoms with Gasteiger partial charge < -0.3 is 14.4 Å². The van der Waals surface area contributed by atoms with Gasteiger partial charge in [-0.1, -0.05) is 19.3 Å². The van der Waals surface area contributed by atoms with Crippen molar-refractivity contribution in [1.29, 1.82) is 0 Å². The number of piperazine rings is 1. The van der Waals surface area contributed by atoms with Crippen LogP contribution in [-0.2, 0) is 4.74 Å². The van der Waals surface area contributed by atoms with E-state index in [0.717, 1.165) is 32.2 Å². The van der Waals surface area contributed by atoms with E-state index >= 15 is 0 Å². The summed E-state index contributed by atoms with van der Waals surface area (Å²) in [5, 5.41) is 7.26. The van der Waals surface area contributed by atoms with Crippen LogP contribution < -0.4 is 4.74 Å². The molecule has 33 heavy (non-hydrogen) atoms. The van der Waals surface area contributed by atoms with Crippen LogP contribution in [0.5, 0.6) is 5.75 Å². The highest BCUT2D eigenvalue weighted by Gasteiger charge is 2.29. The van der Waals surface area contributed by atoms with Gasteiger partial charge in [0, 0.05) is 38.3 Å². The Morgan fingerprint density at radius 2 is 1.67 bits per heavy atom. The predicted octanol–water partition coefficient (Wildman–Crippen LogP) is 4.29. The fourth-order valence-electron chi connectivity index (χ4n) is 4.19. The minimum atomic E-state index is -0.404. The van der Waals surface area contributed by atoms with Crippen LogP contribution in [0.4, 0.5) is 9.18 Å². The zero-order chi connectivity index (χ0) is 23.8. The Bertz CT molecular complexity index is 871. The number of nitrogens with zero attached hydrogens (tertiary/aromatic N) is 5. The molecule has 2 heterocycles. The first kappa shape index (κ1) is 25.0. The molecule has 2 aromatic rings. The Morgan fingerprint density at radius 3 is 2.21 bits per heavy atom. The first-order chi connectivity index (χ1) is 15.8. The third-order valence-corrected chi connectivity index (χ3v) is 5.91. The molecule has 2 fully saturated rings. The SMILES string of the molecule is CC(C)(C)OC(=O)N1CCN(C2CCCCC2)CC1.COc1ccc(-n2cnnc2)cc1F. The number of hydrogen-bond donors (Lipinski definition) is 0. The molecule has 1 saturated carbocycles. The fourth-order valence-corrected chi connectivity index (χ4v) is 4.19. The molecule has 1 aliphatic heterocycles. The van der Waals surface area contributed by atoms with E-state index in [1.807, 2.05) is 25.7 Å². The van der Waals surface area contributed by atoms with Crippen LogP contribution >= 0.6 is 0 Å². The van der Waals surface area contributed by atoms with E-state index in [0.29, 0.717) is 5.69 Å². The van der Waals surface area contributed by atoms with Gasteiger partial charge in [0.2, 0.25) is 0 Å². The Kier molecular flexibility index (Phi) is 8.66. The summed E-state index contributed by atoms with van der Waals surface area (Å²) in [5.74, 6) is -0.180. The number of methoxy groups -OCH3 is 1. The van der Waals surface area contributed by atoms with Crippen LogP contribution in [0.3, 0.4) is 0 Å². The summed E-state index contributed by atoms with van der Waals surface area (Å²) in [5.41, 5.74) is 0.269. The molecule has 1 aromatic carbocycles. The van der Waals surface area contributed by atoms with Crippen molar-refractivity contribution in [2.45, 2.75) is 64.5 Å². The Labute approximate surface area is 195 Å². The first-order valence-electron chi connectivity index (χ1n) is 11.7. The topological polar surface area (TPSA) is 72.7 Å². The highest BCUT2D eigenvalue weighted by Crippen LogP contribution is 2.24. The highest BCUT2D eigenvalue weighted by atomic mass is 19.1. The summed E-state index contributed by atoms with van der Waals surface area (Å²) in [6.45, 7) is 9.39. The maximum Gasteiger partial charge on any atom is 0.410 e. The van der Waals surface area contributed by atoms with Crippen molar-refractivity contribution in [3.8, 4) is 11.4 Å². The van der Waals surface area contributed by atoms with Crippen molar-refractivity contribution in [2.24, 2.45) is 0 Å². The third kappa shape index (κ3) is 7.42. The number of hydrogen-bond acceptors (Lipinski definition) is 6. The number of benzene rings is 1. The number of aromatic nitrogens is 3. The summed E-state index contributed by atoms with van der Waals surface area (Å²) < 4.78 is 25.1. The molecular weight excluding hydrogens is 425 g/mol. The molecule has 9 heteroatoms. The molecule has 1 saturated heterocycles. The number of ether oxygens (including phenoxy) is 2. The quantitative estimate of drug-likeness (QED) is 0.679. The van der Waals surface area contributed by atoms with E-state index in [4.69, 9.17) is 9.47 Å². The van der Waals surface area contributed by atoms with Gasteiger partial charge in [-0.25, -0.2) is 9.18 Å². The molecule has 0 bridgehead atoms. The van der Waals surface area contributed by atoms with E-state index in [1.165, 1.54) is 57.9 Å². The number of amides is 1. The van der Waals surface area contributed by atoms with Crippen LogP contribution in [0.2, 0.25) is 0 Å². The lowest BCUT2D eigenvalue weighted by atomic mass is 9.94. The second-order valence-electron chi connectivity index (χ2n) is 9.48. The fraction of sp³-hybridized carbons (Fsp3) is 0.625. The summed E-state index contributed by atoms with van der Waals surface area (Å²) in [6.07, 6.45) is 9.67. The van der Waals surface area contributed by atoms with Crippen LogP contribution in [0.1, 0.15) is 52.9 Å². The van der Waals surface area contributed by atoms with Crippen LogP contribution in [0, 0.1) is 5.82 Å². The van der Waals surface area contributed by atoms with Crippen LogP contribution in [0.15, 0.2) is 30.9 Å². The third-order valence-electron chi connectivity index (χ3n) is 5.91. The van der Waals surface area contributed by atoms with E-state index in [1.54, 1.807) is 16.7 Å².